The Hall–Kier alpha value is -2.04. The lowest BCUT2D eigenvalue weighted by Gasteiger charge is -2.06. The van der Waals surface area contributed by atoms with Crippen molar-refractivity contribution in [2.45, 2.75) is 12.8 Å². The van der Waals surface area contributed by atoms with E-state index in [1.54, 1.807) is 6.07 Å². The molecule has 1 aromatic rings. The van der Waals surface area contributed by atoms with Gasteiger partial charge in [0, 0.05) is 24.3 Å². The van der Waals surface area contributed by atoms with E-state index in [-0.39, 0.29) is 18.3 Å². The molecule has 5 heteroatoms. The van der Waals surface area contributed by atoms with Crippen LogP contribution in [0.5, 0.6) is 0 Å². The van der Waals surface area contributed by atoms with Crippen LogP contribution in [0.1, 0.15) is 22.3 Å². The average molecular weight is 248 g/mol. The number of methoxy groups -OCH3 is 1. The molecule has 1 heterocycles. The van der Waals surface area contributed by atoms with Crippen LogP contribution in [0.15, 0.2) is 18.2 Å². The van der Waals surface area contributed by atoms with Crippen molar-refractivity contribution in [1.29, 1.82) is 0 Å². The van der Waals surface area contributed by atoms with Crippen LogP contribution in [-0.2, 0) is 16.0 Å². The van der Waals surface area contributed by atoms with Gasteiger partial charge >= 0.3 is 5.97 Å². The summed E-state index contributed by atoms with van der Waals surface area (Å²) < 4.78 is 4.50. The van der Waals surface area contributed by atoms with E-state index >= 15 is 0 Å². The molecule has 0 spiro atoms. The van der Waals surface area contributed by atoms with E-state index in [2.05, 4.69) is 15.4 Å². The van der Waals surface area contributed by atoms with Crippen LogP contribution < -0.4 is 10.6 Å². The number of hydrogen-bond acceptors (Lipinski definition) is 4. The van der Waals surface area contributed by atoms with Gasteiger partial charge in [-0.3, -0.25) is 9.59 Å². The molecule has 0 aromatic heterocycles. The van der Waals surface area contributed by atoms with Gasteiger partial charge in [0.1, 0.15) is 0 Å². The smallest absolute Gasteiger partial charge is 0.307 e. The van der Waals surface area contributed by atoms with Crippen LogP contribution in [0, 0.1) is 0 Å². The highest BCUT2D eigenvalue weighted by atomic mass is 16.5. The van der Waals surface area contributed by atoms with E-state index in [1.165, 1.54) is 7.11 Å². The molecule has 0 saturated carbocycles. The minimum atomic E-state index is -0.326. The third kappa shape index (κ3) is 2.80. The molecular weight excluding hydrogens is 232 g/mol. The predicted octanol–water partition coefficient (Wildman–Crippen LogP) is 0.947. The number of nitrogens with one attached hydrogen (secondary N) is 2. The zero-order chi connectivity index (χ0) is 13.0. The summed E-state index contributed by atoms with van der Waals surface area (Å²) >= 11 is 0. The second kappa shape index (κ2) is 5.53. The Morgan fingerprint density at radius 1 is 1.44 bits per heavy atom. The number of fused-ring (bicyclic) bond motifs is 1. The molecule has 1 amide bonds. The molecular formula is C13H16N2O3. The van der Waals surface area contributed by atoms with E-state index < -0.39 is 0 Å². The van der Waals surface area contributed by atoms with Gasteiger partial charge in [-0.15, -0.1) is 0 Å². The number of esters is 1. The fourth-order valence-corrected chi connectivity index (χ4v) is 1.93. The minimum absolute atomic E-state index is 0.159. The van der Waals surface area contributed by atoms with Gasteiger partial charge in [0.2, 0.25) is 0 Å². The first-order valence-corrected chi connectivity index (χ1v) is 5.92. The lowest BCUT2D eigenvalue weighted by Crippen LogP contribution is -2.26. The van der Waals surface area contributed by atoms with Crippen LogP contribution in [0.4, 0.5) is 5.69 Å². The van der Waals surface area contributed by atoms with Crippen LogP contribution in [0.3, 0.4) is 0 Å². The van der Waals surface area contributed by atoms with Gasteiger partial charge < -0.3 is 15.4 Å². The van der Waals surface area contributed by atoms with E-state index in [0.717, 1.165) is 24.2 Å². The molecule has 2 rings (SSSR count). The summed E-state index contributed by atoms with van der Waals surface area (Å²) in [4.78, 5) is 22.7. The van der Waals surface area contributed by atoms with Crippen LogP contribution in [0.25, 0.3) is 0 Å². The number of benzene rings is 1. The summed E-state index contributed by atoms with van der Waals surface area (Å²) in [5, 5.41) is 5.93. The maximum absolute atomic E-state index is 11.8. The van der Waals surface area contributed by atoms with Crippen LogP contribution in [-0.4, -0.2) is 32.1 Å². The Kier molecular flexibility index (Phi) is 3.82. The Bertz CT molecular complexity index is 471. The molecule has 0 unspecified atom stereocenters. The zero-order valence-electron chi connectivity index (χ0n) is 10.3. The maximum atomic E-state index is 11.8. The largest absolute Gasteiger partial charge is 0.469 e. The zero-order valence-corrected chi connectivity index (χ0v) is 10.3. The second-order valence-electron chi connectivity index (χ2n) is 4.13. The number of amides is 1. The highest BCUT2D eigenvalue weighted by Crippen LogP contribution is 2.22. The number of carbonyl (C=O) groups is 2. The Balaban J connectivity index is 1.91. The minimum Gasteiger partial charge on any atom is -0.469 e. The van der Waals surface area contributed by atoms with E-state index in [1.807, 2.05) is 12.1 Å². The topological polar surface area (TPSA) is 67.4 Å². The predicted molar refractivity (Wildman–Crippen MR) is 67.6 cm³/mol. The summed E-state index contributed by atoms with van der Waals surface area (Å²) in [5.74, 6) is -0.484. The molecule has 18 heavy (non-hydrogen) atoms. The molecule has 0 atom stereocenters. The van der Waals surface area contributed by atoms with Gasteiger partial charge in [0.05, 0.1) is 13.5 Å². The lowest BCUT2D eigenvalue weighted by molar-refractivity contribution is -0.140. The van der Waals surface area contributed by atoms with Crippen molar-refractivity contribution in [1.82, 2.24) is 5.32 Å². The fourth-order valence-electron chi connectivity index (χ4n) is 1.93. The molecule has 1 aliphatic rings. The van der Waals surface area contributed by atoms with Crippen LogP contribution >= 0.6 is 0 Å². The second-order valence-corrected chi connectivity index (χ2v) is 4.13. The Morgan fingerprint density at radius 2 is 2.28 bits per heavy atom. The quantitative estimate of drug-likeness (QED) is 0.778. The molecule has 96 valence electrons. The molecule has 0 saturated heterocycles. The van der Waals surface area contributed by atoms with E-state index in [9.17, 15) is 9.59 Å². The highest BCUT2D eigenvalue weighted by molar-refractivity contribution is 5.95. The van der Waals surface area contributed by atoms with Gasteiger partial charge in [-0.05, 0) is 30.2 Å². The first kappa shape index (κ1) is 12.4. The van der Waals surface area contributed by atoms with E-state index in [4.69, 9.17) is 0 Å². The van der Waals surface area contributed by atoms with Gasteiger partial charge in [-0.25, -0.2) is 0 Å². The van der Waals surface area contributed by atoms with Crippen LogP contribution in [0.2, 0.25) is 0 Å². The summed E-state index contributed by atoms with van der Waals surface area (Å²) in [6.45, 7) is 1.21. The summed E-state index contributed by atoms with van der Waals surface area (Å²) in [7, 11) is 1.33. The fraction of sp³-hybridized carbons (Fsp3) is 0.385. The van der Waals surface area contributed by atoms with Gasteiger partial charge in [-0.2, -0.15) is 0 Å². The summed E-state index contributed by atoms with van der Waals surface area (Å²) in [5.41, 5.74) is 2.89. The van der Waals surface area contributed by atoms with Gasteiger partial charge in [0.25, 0.3) is 5.91 Å². The molecule has 0 radical (unpaired) electrons. The van der Waals surface area contributed by atoms with Gasteiger partial charge in [0.15, 0.2) is 0 Å². The summed E-state index contributed by atoms with van der Waals surface area (Å²) in [6, 6.07) is 5.59. The normalized spacial score (nSPS) is 12.5. The molecule has 1 aliphatic heterocycles. The van der Waals surface area contributed by atoms with E-state index in [0.29, 0.717) is 12.1 Å². The third-order valence-electron chi connectivity index (χ3n) is 2.92. The standard InChI is InChI=1S/C13H16N2O3/c1-18-12(16)5-7-15-13(17)10-2-3-11-9(8-10)4-6-14-11/h2-3,8,14H,4-7H2,1H3,(H,15,17). The molecule has 5 nitrogen and oxygen atoms in total. The SMILES string of the molecule is COC(=O)CCNC(=O)c1ccc2c(c1)CCN2. The van der Waals surface area contributed by atoms with Crippen molar-refractivity contribution in [2.24, 2.45) is 0 Å². The maximum Gasteiger partial charge on any atom is 0.307 e. The number of hydrogen-bond donors (Lipinski definition) is 2. The molecule has 0 bridgehead atoms. The first-order valence-electron chi connectivity index (χ1n) is 5.92. The van der Waals surface area contributed by atoms with Crippen molar-refractivity contribution >= 4 is 17.6 Å². The van der Waals surface area contributed by atoms with Gasteiger partial charge in [-0.1, -0.05) is 0 Å². The molecule has 0 fully saturated rings. The highest BCUT2D eigenvalue weighted by Gasteiger charge is 2.13. The number of carbonyl (C=O) groups excluding carboxylic acids is 2. The molecule has 2 N–H and O–H groups in total. The number of ether oxygens (including phenoxy) is 1. The van der Waals surface area contributed by atoms with Crippen molar-refractivity contribution in [3.05, 3.63) is 29.3 Å². The number of anilines is 1. The molecule has 1 aromatic carbocycles. The van der Waals surface area contributed by atoms with Crippen molar-refractivity contribution in [2.75, 3.05) is 25.5 Å². The Labute approximate surface area is 106 Å². The Morgan fingerprint density at radius 3 is 3.06 bits per heavy atom. The lowest BCUT2D eigenvalue weighted by atomic mass is 10.1. The van der Waals surface area contributed by atoms with Crippen molar-refractivity contribution in [3.63, 3.8) is 0 Å². The van der Waals surface area contributed by atoms with Crippen molar-refractivity contribution < 1.29 is 14.3 Å². The average Bonchev–Trinajstić information content (AvgIpc) is 2.85. The van der Waals surface area contributed by atoms with Crippen molar-refractivity contribution in [3.8, 4) is 0 Å². The first-order chi connectivity index (χ1) is 8.70. The number of rotatable bonds is 4. The summed E-state index contributed by atoms with van der Waals surface area (Å²) in [6.07, 6.45) is 1.13. The molecule has 0 aliphatic carbocycles. The third-order valence-corrected chi connectivity index (χ3v) is 2.92. The monoisotopic (exact) mass is 248 g/mol.